The number of sulfonamides is 1. The van der Waals surface area contributed by atoms with Crippen LogP contribution in [-0.2, 0) is 16.4 Å². The van der Waals surface area contributed by atoms with Crippen molar-refractivity contribution in [1.82, 2.24) is 9.62 Å². The van der Waals surface area contributed by atoms with Crippen LogP contribution in [0.25, 0.3) is 0 Å². The van der Waals surface area contributed by atoms with Gasteiger partial charge in [-0.05, 0) is 37.1 Å². The lowest BCUT2D eigenvalue weighted by molar-refractivity contribution is 0.0695. The van der Waals surface area contributed by atoms with Gasteiger partial charge in [-0.15, -0.1) is 0 Å². The average molecular weight is 312 g/mol. The lowest BCUT2D eigenvalue weighted by Crippen LogP contribution is -2.34. The van der Waals surface area contributed by atoms with Gasteiger partial charge < -0.3 is 10.4 Å². The molecule has 0 aliphatic carbocycles. The van der Waals surface area contributed by atoms with E-state index in [1.54, 1.807) is 6.07 Å². The minimum atomic E-state index is -3.64. The van der Waals surface area contributed by atoms with Gasteiger partial charge in [0.25, 0.3) is 0 Å². The van der Waals surface area contributed by atoms with Gasteiger partial charge in [-0.25, -0.2) is 13.2 Å². The summed E-state index contributed by atoms with van der Waals surface area (Å²) in [5.74, 6) is -1.10. The Morgan fingerprint density at radius 3 is 2.76 bits per heavy atom. The second-order valence-corrected chi connectivity index (χ2v) is 6.92. The Kier molecular flexibility index (Phi) is 4.97. The molecule has 21 heavy (non-hydrogen) atoms. The summed E-state index contributed by atoms with van der Waals surface area (Å²) >= 11 is 0. The normalized spacial score (nSPS) is 17.4. The Morgan fingerprint density at radius 2 is 2.10 bits per heavy atom. The van der Waals surface area contributed by atoms with E-state index >= 15 is 0 Å². The van der Waals surface area contributed by atoms with Crippen molar-refractivity contribution >= 4 is 16.0 Å². The van der Waals surface area contributed by atoms with Crippen LogP contribution >= 0.6 is 0 Å². The molecule has 2 N–H and O–H groups in total. The van der Waals surface area contributed by atoms with Crippen LogP contribution in [0, 0.1) is 0 Å². The van der Waals surface area contributed by atoms with Gasteiger partial charge >= 0.3 is 5.97 Å². The smallest absolute Gasteiger partial charge is 0.336 e. The van der Waals surface area contributed by atoms with Gasteiger partial charge in [-0.3, -0.25) is 0 Å². The zero-order valence-corrected chi connectivity index (χ0v) is 12.8. The summed E-state index contributed by atoms with van der Waals surface area (Å²) in [5, 5.41) is 12.4. The third kappa shape index (κ3) is 3.42. The highest BCUT2D eigenvalue weighted by atomic mass is 32.2. The molecule has 1 aromatic carbocycles. The molecular formula is C14H20N2O4S. The minimum absolute atomic E-state index is 0.0546. The third-order valence-corrected chi connectivity index (χ3v) is 5.52. The van der Waals surface area contributed by atoms with Crippen LogP contribution in [0.5, 0.6) is 0 Å². The molecule has 1 aromatic rings. The van der Waals surface area contributed by atoms with Crippen LogP contribution in [0.2, 0.25) is 0 Å². The van der Waals surface area contributed by atoms with Crippen LogP contribution in [-0.4, -0.2) is 50.0 Å². The highest BCUT2D eigenvalue weighted by Crippen LogP contribution is 2.21. The van der Waals surface area contributed by atoms with Crippen molar-refractivity contribution in [3.63, 3.8) is 0 Å². The number of carbonyl (C=O) groups is 1. The van der Waals surface area contributed by atoms with Crippen molar-refractivity contribution in [3.8, 4) is 0 Å². The fourth-order valence-electron chi connectivity index (χ4n) is 2.43. The maximum absolute atomic E-state index is 12.6. The van der Waals surface area contributed by atoms with Gasteiger partial charge in [0.15, 0.2) is 0 Å². The van der Waals surface area contributed by atoms with Gasteiger partial charge in [0, 0.05) is 19.6 Å². The maximum atomic E-state index is 12.6. The van der Waals surface area contributed by atoms with Crippen LogP contribution in [0.15, 0.2) is 23.1 Å². The molecule has 0 bridgehead atoms. The number of hydrogen-bond acceptors (Lipinski definition) is 4. The van der Waals surface area contributed by atoms with Crippen LogP contribution in [0.1, 0.15) is 29.3 Å². The number of carboxylic acids is 1. The van der Waals surface area contributed by atoms with E-state index in [4.69, 9.17) is 0 Å². The Hall–Kier alpha value is -1.44. The summed E-state index contributed by atoms with van der Waals surface area (Å²) in [7, 11) is -3.64. The van der Waals surface area contributed by atoms with E-state index in [1.807, 2.05) is 6.92 Å². The summed E-state index contributed by atoms with van der Waals surface area (Å²) in [6.07, 6.45) is 1.30. The number of aryl methyl sites for hydroxylation is 1. The predicted molar refractivity (Wildman–Crippen MR) is 79.0 cm³/mol. The van der Waals surface area contributed by atoms with Gasteiger partial charge in [-0.2, -0.15) is 4.31 Å². The number of nitrogens with zero attached hydrogens (tertiary/aromatic N) is 1. The van der Waals surface area contributed by atoms with Gasteiger partial charge in [0.1, 0.15) is 0 Å². The maximum Gasteiger partial charge on any atom is 0.336 e. The lowest BCUT2D eigenvalue weighted by Gasteiger charge is -2.20. The second kappa shape index (κ2) is 6.55. The minimum Gasteiger partial charge on any atom is -0.478 e. The number of rotatable bonds is 4. The van der Waals surface area contributed by atoms with Crippen molar-refractivity contribution in [2.24, 2.45) is 0 Å². The van der Waals surface area contributed by atoms with Crippen molar-refractivity contribution in [2.75, 3.05) is 26.2 Å². The van der Waals surface area contributed by atoms with E-state index in [0.717, 1.165) is 13.0 Å². The first-order valence-electron chi connectivity index (χ1n) is 7.04. The van der Waals surface area contributed by atoms with Crippen LogP contribution in [0.4, 0.5) is 0 Å². The quantitative estimate of drug-likeness (QED) is 0.864. The molecule has 1 heterocycles. The molecule has 0 atom stereocenters. The summed E-state index contributed by atoms with van der Waals surface area (Å²) in [6.45, 7) is 4.10. The largest absolute Gasteiger partial charge is 0.478 e. The number of nitrogens with one attached hydrogen (secondary N) is 1. The summed E-state index contributed by atoms with van der Waals surface area (Å²) < 4.78 is 26.7. The molecule has 2 rings (SSSR count). The van der Waals surface area contributed by atoms with E-state index < -0.39 is 16.0 Å². The zero-order chi connectivity index (χ0) is 15.5. The highest BCUT2D eigenvalue weighted by molar-refractivity contribution is 7.89. The molecule has 1 aliphatic rings. The molecule has 1 fully saturated rings. The summed E-state index contributed by atoms with van der Waals surface area (Å²) in [6, 6.07) is 4.36. The topological polar surface area (TPSA) is 86.7 Å². The molecule has 0 unspecified atom stereocenters. The summed E-state index contributed by atoms with van der Waals surface area (Å²) in [4.78, 5) is 11.3. The van der Waals surface area contributed by atoms with E-state index in [9.17, 15) is 18.3 Å². The van der Waals surface area contributed by atoms with Crippen molar-refractivity contribution in [2.45, 2.75) is 24.7 Å². The van der Waals surface area contributed by atoms with Crippen molar-refractivity contribution in [1.29, 1.82) is 0 Å². The van der Waals surface area contributed by atoms with E-state index in [0.29, 0.717) is 31.6 Å². The third-order valence-electron chi connectivity index (χ3n) is 3.63. The SMILES string of the molecule is CCc1ccc(S(=O)(=O)N2CCCNCC2)cc1C(=O)O. The first kappa shape index (κ1) is 15.9. The van der Waals surface area contributed by atoms with Crippen molar-refractivity contribution < 1.29 is 18.3 Å². The van der Waals surface area contributed by atoms with Gasteiger partial charge in [0.05, 0.1) is 10.5 Å². The van der Waals surface area contributed by atoms with E-state index in [2.05, 4.69) is 5.32 Å². The zero-order valence-electron chi connectivity index (χ0n) is 12.0. The molecule has 1 saturated heterocycles. The van der Waals surface area contributed by atoms with E-state index in [1.165, 1.54) is 16.4 Å². The van der Waals surface area contributed by atoms with Gasteiger partial charge in [0.2, 0.25) is 10.0 Å². The molecule has 0 amide bonds. The molecule has 6 nitrogen and oxygen atoms in total. The highest BCUT2D eigenvalue weighted by Gasteiger charge is 2.26. The molecule has 1 aliphatic heterocycles. The van der Waals surface area contributed by atoms with Gasteiger partial charge in [-0.1, -0.05) is 13.0 Å². The fraction of sp³-hybridized carbons (Fsp3) is 0.500. The molecular weight excluding hydrogens is 292 g/mol. The number of benzene rings is 1. The summed E-state index contributed by atoms with van der Waals surface area (Å²) in [5.41, 5.74) is 0.700. The molecule has 116 valence electrons. The first-order valence-corrected chi connectivity index (χ1v) is 8.48. The molecule has 0 aromatic heterocycles. The molecule has 7 heteroatoms. The fourth-order valence-corrected chi connectivity index (χ4v) is 3.94. The monoisotopic (exact) mass is 312 g/mol. The van der Waals surface area contributed by atoms with Crippen LogP contribution in [0.3, 0.4) is 0 Å². The van der Waals surface area contributed by atoms with Crippen LogP contribution < -0.4 is 5.32 Å². The van der Waals surface area contributed by atoms with Crippen molar-refractivity contribution in [3.05, 3.63) is 29.3 Å². The Labute approximate surface area is 124 Å². The second-order valence-electron chi connectivity index (χ2n) is 4.99. The first-order chi connectivity index (χ1) is 9.96. The molecule has 0 radical (unpaired) electrons. The number of aromatic carboxylic acids is 1. The Balaban J connectivity index is 2.39. The predicted octanol–water partition coefficient (Wildman–Crippen LogP) is 0.931. The molecule has 0 saturated carbocycles. The Bertz CT molecular complexity index is 620. The number of carboxylic acid groups (broad SMARTS) is 1. The van der Waals surface area contributed by atoms with E-state index in [-0.39, 0.29) is 10.5 Å². The standard InChI is InChI=1S/C14H20N2O4S/c1-2-11-4-5-12(10-13(11)14(17)18)21(19,20)16-8-3-6-15-7-9-16/h4-5,10,15H,2-3,6-9H2,1H3,(H,17,18). The molecule has 0 spiro atoms. The average Bonchev–Trinajstić information content (AvgIpc) is 2.76. The number of hydrogen-bond donors (Lipinski definition) is 2. The Morgan fingerprint density at radius 1 is 1.33 bits per heavy atom. The lowest BCUT2D eigenvalue weighted by atomic mass is 10.1.